The van der Waals surface area contributed by atoms with Crippen LogP contribution < -0.4 is 0 Å². The summed E-state index contributed by atoms with van der Waals surface area (Å²) in [4.78, 5) is -0.0904. The van der Waals surface area contributed by atoms with Gasteiger partial charge in [0.15, 0.2) is 0 Å². The van der Waals surface area contributed by atoms with Gasteiger partial charge in [-0.3, -0.25) is 0 Å². The second-order valence-corrected chi connectivity index (χ2v) is 4.89. The average Bonchev–Trinajstić information content (AvgIpc) is 2.09. The van der Waals surface area contributed by atoms with Crippen molar-refractivity contribution in [3.63, 3.8) is 0 Å². The molecule has 0 spiro atoms. The molecule has 0 amide bonds. The fraction of sp³-hybridized carbons (Fsp3) is 0.300. The first kappa shape index (κ1) is 10.7. The largest absolute Gasteiger partial charge is 0.197 e. The Kier molecular flexibility index (Phi) is 3.95. The van der Waals surface area contributed by atoms with Gasteiger partial charge < -0.3 is 0 Å². The molecule has 0 aliphatic carbocycles. The van der Waals surface area contributed by atoms with Crippen molar-refractivity contribution in [2.45, 2.75) is 18.2 Å². The fourth-order valence-corrected chi connectivity index (χ4v) is 1.95. The molecule has 3 heteroatoms. The van der Waals surface area contributed by atoms with E-state index in [9.17, 15) is 0 Å². The van der Waals surface area contributed by atoms with E-state index in [1.54, 1.807) is 0 Å². The van der Waals surface area contributed by atoms with Gasteiger partial charge in [0.1, 0.15) is 4.83 Å². The highest BCUT2D eigenvalue weighted by molar-refractivity contribution is 9.10. The fourth-order valence-electron chi connectivity index (χ4n) is 1.13. The van der Waals surface area contributed by atoms with Crippen LogP contribution in [0.4, 0.5) is 0 Å². The Hall–Kier alpha value is -0.330. The van der Waals surface area contributed by atoms with Gasteiger partial charge in [-0.1, -0.05) is 37.9 Å². The van der Waals surface area contributed by atoms with Crippen molar-refractivity contribution in [1.82, 2.24) is 0 Å². The van der Waals surface area contributed by atoms with Crippen molar-refractivity contribution < 1.29 is 0 Å². The van der Waals surface area contributed by atoms with Crippen LogP contribution >= 0.6 is 31.9 Å². The molecule has 1 aromatic rings. The summed E-state index contributed by atoms with van der Waals surface area (Å²) in [6, 6.07) is 8.27. The van der Waals surface area contributed by atoms with Crippen LogP contribution in [0.5, 0.6) is 0 Å². The maximum Gasteiger partial charge on any atom is 0.105 e. The number of rotatable bonds is 2. The Morgan fingerprint density at radius 3 is 2.77 bits per heavy atom. The summed E-state index contributed by atoms with van der Waals surface area (Å²) in [5, 5.41) is 8.64. The van der Waals surface area contributed by atoms with E-state index in [1.165, 1.54) is 11.1 Å². The van der Waals surface area contributed by atoms with E-state index in [-0.39, 0.29) is 4.83 Å². The van der Waals surface area contributed by atoms with Crippen LogP contribution in [-0.4, -0.2) is 4.83 Å². The molecule has 0 saturated carbocycles. The quantitative estimate of drug-likeness (QED) is 0.766. The van der Waals surface area contributed by atoms with Gasteiger partial charge in [-0.05, 0) is 36.6 Å². The first-order valence-corrected chi connectivity index (χ1v) is 5.63. The topological polar surface area (TPSA) is 23.8 Å². The molecule has 1 nitrogen and oxygen atoms in total. The third-order valence-electron chi connectivity index (χ3n) is 1.84. The predicted octanol–water partition coefficient (Wildman–Crippen LogP) is 3.59. The molecular weight excluding hydrogens is 294 g/mol. The molecule has 0 aliphatic heterocycles. The number of aryl methyl sites for hydroxylation is 1. The van der Waals surface area contributed by atoms with Gasteiger partial charge in [-0.2, -0.15) is 5.26 Å². The lowest BCUT2D eigenvalue weighted by Crippen LogP contribution is -2.00. The van der Waals surface area contributed by atoms with Crippen LogP contribution in [0, 0.1) is 18.3 Å². The lowest BCUT2D eigenvalue weighted by atomic mass is 10.0. The van der Waals surface area contributed by atoms with E-state index < -0.39 is 0 Å². The number of hydrogen-bond donors (Lipinski definition) is 0. The van der Waals surface area contributed by atoms with Crippen molar-refractivity contribution in [3.8, 4) is 6.07 Å². The Balaban J connectivity index is 2.85. The number of nitriles is 1. The zero-order chi connectivity index (χ0) is 9.84. The minimum atomic E-state index is -0.0904. The van der Waals surface area contributed by atoms with Crippen LogP contribution in [0.3, 0.4) is 0 Å². The monoisotopic (exact) mass is 301 g/mol. The van der Waals surface area contributed by atoms with Gasteiger partial charge in [0.2, 0.25) is 0 Å². The van der Waals surface area contributed by atoms with E-state index in [4.69, 9.17) is 5.26 Å². The van der Waals surface area contributed by atoms with Crippen LogP contribution in [0.25, 0.3) is 0 Å². The van der Waals surface area contributed by atoms with Gasteiger partial charge in [0.25, 0.3) is 0 Å². The minimum Gasteiger partial charge on any atom is -0.197 e. The number of benzene rings is 1. The normalized spacial score (nSPS) is 12.2. The highest BCUT2D eigenvalue weighted by Crippen LogP contribution is 2.18. The summed E-state index contributed by atoms with van der Waals surface area (Å²) in [6.45, 7) is 2.05. The molecule has 0 radical (unpaired) electrons. The first-order chi connectivity index (χ1) is 6.13. The van der Waals surface area contributed by atoms with Crippen LogP contribution in [0.1, 0.15) is 11.1 Å². The minimum absolute atomic E-state index is 0.0904. The third-order valence-corrected chi connectivity index (χ3v) is 2.87. The van der Waals surface area contributed by atoms with E-state index in [0.717, 1.165) is 10.9 Å². The zero-order valence-corrected chi connectivity index (χ0v) is 10.4. The van der Waals surface area contributed by atoms with Crippen molar-refractivity contribution >= 4 is 31.9 Å². The summed E-state index contributed by atoms with van der Waals surface area (Å²) >= 11 is 6.70. The second-order valence-electron chi connectivity index (χ2n) is 2.87. The van der Waals surface area contributed by atoms with Gasteiger partial charge in [0, 0.05) is 4.47 Å². The van der Waals surface area contributed by atoms with Crippen molar-refractivity contribution in [3.05, 3.63) is 33.8 Å². The molecule has 0 saturated heterocycles. The second kappa shape index (κ2) is 4.78. The Labute approximate surface area is 95.0 Å². The standard InChI is InChI=1S/C10H9Br2N/c1-7-4-9(11)3-2-8(7)5-10(12)6-13/h2-4,10H,5H2,1H3. The van der Waals surface area contributed by atoms with Crippen molar-refractivity contribution in [2.24, 2.45) is 0 Å². The summed E-state index contributed by atoms with van der Waals surface area (Å²) < 4.78 is 1.08. The Morgan fingerprint density at radius 2 is 2.23 bits per heavy atom. The molecule has 13 heavy (non-hydrogen) atoms. The maximum absolute atomic E-state index is 8.64. The SMILES string of the molecule is Cc1cc(Br)ccc1CC(Br)C#N. The molecule has 0 bridgehead atoms. The van der Waals surface area contributed by atoms with E-state index in [0.29, 0.717) is 0 Å². The molecule has 68 valence electrons. The van der Waals surface area contributed by atoms with E-state index in [1.807, 2.05) is 12.1 Å². The molecule has 1 aromatic carbocycles. The van der Waals surface area contributed by atoms with Crippen LogP contribution in [0.15, 0.2) is 22.7 Å². The van der Waals surface area contributed by atoms with Gasteiger partial charge in [-0.15, -0.1) is 0 Å². The molecular formula is C10H9Br2N. The summed E-state index contributed by atoms with van der Waals surface area (Å²) in [7, 11) is 0. The number of halogens is 2. The number of hydrogen-bond acceptors (Lipinski definition) is 1. The van der Waals surface area contributed by atoms with Crippen molar-refractivity contribution in [2.75, 3.05) is 0 Å². The summed E-state index contributed by atoms with van der Waals surface area (Å²) in [6.07, 6.45) is 0.760. The third kappa shape index (κ3) is 3.13. The maximum atomic E-state index is 8.64. The Bertz CT molecular complexity index is 341. The number of alkyl halides is 1. The van der Waals surface area contributed by atoms with Gasteiger partial charge in [0.05, 0.1) is 6.07 Å². The molecule has 1 unspecified atom stereocenters. The Morgan fingerprint density at radius 1 is 1.54 bits per heavy atom. The molecule has 0 aromatic heterocycles. The molecule has 0 heterocycles. The summed E-state index contributed by atoms with van der Waals surface area (Å²) in [5.41, 5.74) is 2.43. The van der Waals surface area contributed by atoms with Crippen LogP contribution in [0.2, 0.25) is 0 Å². The smallest absolute Gasteiger partial charge is 0.105 e. The highest BCUT2D eigenvalue weighted by atomic mass is 79.9. The van der Waals surface area contributed by atoms with E-state index in [2.05, 4.69) is 50.9 Å². The van der Waals surface area contributed by atoms with Gasteiger partial charge >= 0.3 is 0 Å². The summed E-state index contributed by atoms with van der Waals surface area (Å²) in [5.74, 6) is 0. The average molecular weight is 303 g/mol. The van der Waals surface area contributed by atoms with Crippen molar-refractivity contribution in [1.29, 1.82) is 5.26 Å². The zero-order valence-electron chi connectivity index (χ0n) is 7.22. The molecule has 0 N–H and O–H groups in total. The van der Waals surface area contributed by atoms with E-state index >= 15 is 0 Å². The first-order valence-electron chi connectivity index (χ1n) is 3.92. The molecule has 0 fully saturated rings. The van der Waals surface area contributed by atoms with Crippen LogP contribution in [-0.2, 0) is 6.42 Å². The van der Waals surface area contributed by atoms with Gasteiger partial charge in [-0.25, -0.2) is 0 Å². The number of nitrogens with zero attached hydrogens (tertiary/aromatic N) is 1. The molecule has 1 atom stereocenters. The lowest BCUT2D eigenvalue weighted by Gasteiger charge is -2.06. The predicted molar refractivity (Wildman–Crippen MR) is 60.9 cm³/mol. The lowest BCUT2D eigenvalue weighted by molar-refractivity contribution is 1.03. The molecule has 1 rings (SSSR count). The highest BCUT2D eigenvalue weighted by Gasteiger charge is 2.05. The molecule has 0 aliphatic rings.